The second kappa shape index (κ2) is 30.4. The monoisotopic (exact) mass is 1230 g/mol. The summed E-state index contributed by atoms with van der Waals surface area (Å²) < 4.78 is 34.4. The molecule has 8 aromatic rings. The summed E-state index contributed by atoms with van der Waals surface area (Å²) in [4.78, 5) is 58.0. The van der Waals surface area contributed by atoms with Crippen LogP contribution in [0.3, 0.4) is 0 Å². The molecular weight excluding hydrogens is 1150 g/mol. The van der Waals surface area contributed by atoms with Crippen molar-refractivity contribution in [2.45, 2.75) is 105 Å². The smallest absolute Gasteiger partial charge is 0.228 e. The number of likely N-dealkylation sites (tertiary alicyclic amines) is 2. The van der Waals surface area contributed by atoms with E-state index in [0.717, 1.165) is 129 Å². The van der Waals surface area contributed by atoms with Crippen LogP contribution in [0.4, 0.5) is 0 Å². The highest BCUT2D eigenvalue weighted by Crippen LogP contribution is 2.44. The lowest BCUT2D eigenvalue weighted by Gasteiger charge is -2.39. The van der Waals surface area contributed by atoms with Gasteiger partial charge in [0, 0.05) is 89.3 Å². The van der Waals surface area contributed by atoms with E-state index in [0.29, 0.717) is 34.6 Å². The van der Waals surface area contributed by atoms with Crippen molar-refractivity contribution in [2.75, 3.05) is 68.0 Å². The van der Waals surface area contributed by atoms with Crippen LogP contribution in [0, 0.1) is 10.8 Å². The summed E-state index contributed by atoms with van der Waals surface area (Å²) in [5.41, 5.74) is 3.60. The van der Waals surface area contributed by atoms with Gasteiger partial charge in [-0.3, -0.25) is 19.2 Å². The standard InChI is InChI=1S/C34H37NO5S.C23H18O4S.C11H21NO2.C4H8O/c1-34(2,3)33(37)35-19-7-6-8-24(35)21-40-26-15-9-22(10-16-26)31(36)30-28-18-17-27(39-5)20-29(28)41-32(30)23-11-13-25(38-4)14-12-23;1-26-17-9-5-15(6-10-17)23-21(22(25)14-3-7-16(24)8-4-14)19-12-11-18(27-2)13-20(19)28-23;1-11(2,3)10(14)12-7-5-4-6-9(12)8-13;1-2-4-5-3-1/h9-18,20,24H,6-8,19,21H2,1-5H3;3-13,24H,1-2H3;9,13H,4-8H2,1-3H3;1-4H2. The molecule has 2 amide bonds. The number of piperidine rings is 2. The van der Waals surface area contributed by atoms with E-state index in [9.17, 15) is 29.4 Å². The summed E-state index contributed by atoms with van der Waals surface area (Å²) in [5.74, 6) is 4.04. The highest BCUT2D eigenvalue weighted by atomic mass is 32.1. The lowest BCUT2D eigenvalue weighted by atomic mass is 9.91. The molecule has 3 aliphatic heterocycles. The minimum absolute atomic E-state index is 0.0481. The van der Waals surface area contributed by atoms with Gasteiger partial charge in [-0.2, -0.15) is 0 Å². The number of amides is 2. The lowest BCUT2D eigenvalue weighted by molar-refractivity contribution is -0.144. The Balaban J connectivity index is 0.000000182. The van der Waals surface area contributed by atoms with Gasteiger partial charge in [0.25, 0.3) is 0 Å². The van der Waals surface area contributed by atoms with E-state index in [1.807, 2.05) is 161 Å². The zero-order valence-corrected chi connectivity index (χ0v) is 54.1. The molecule has 6 aromatic carbocycles. The number of ketones is 2. The number of aromatic hydroxyl groups is 1. The number of carbonyl (C=O) groups is 4. The van der Waals surface area contributed by atoms with E-state index in [-0.39, 0.29) is 53.2 Å². The van der Waals surface area contributed by atoms with Gasteiger partial charge in [0.15, 0.2) is 11.6 Å². The summed E-state index contributed by atoms with van der Waals surface area (Å²) in [7, 11) is 6.53. The van der Waals surface area contributed by atoms with Crippen molar-refractivity contribution < 1.29 is 57.8 Å². The van der Waals surface area contributed by atoms with Crippen molar-refractivity contribution >= 4 is 66.2 Å². The molecule has 3 fully saturated rings. The topological polar surface area (TPSA) is 171 Å². The van der Waals surface area contributed by atoms with Crippen molar-refractivity contribution in [3.05, 3.63) is 156 Å². The van der Waals surface area contributed by atoms with Gasteiger partial charge in [-0.15, -0.1) is 22.7 Å². The molecule has 2 N–H and O–H groups in total. The van der Waals surface area contributed by atoms with Crippen molar-refractivity contribution in [3.63, 3.8) is 0 Å². The normalized spacial score (nSPS) is 15.8. The first-order valence-electron chi connectivity index (χ1n) is 30.2. The summed E-state index contributed by atoms with van der Waals surface area (Å²) in [6.45, 7) is 15.8. The van der Waals surface area contributed by atoms with Crippen molar-refractivity contribution in [1.29, 1.82) is 0 Å². The molecule has 2 atom stereocenters. The Labute approximate surface area is 525 Å². The number of carbonyl (C=O) groups excluding carboxylic acids is 4. The van der Waals surface area contributed by atoms with E-state index in [2.05, 4.69) is 0 Å². The Hall–Kier alpha value is -7.76. The zero-order chi connectivity index (χ0) is 63.1. The number of benzene rings is 6. The van der Waals surface area contributed by atoms with E-state index in [1.165, 1.54) is 25.0 Å². The zero-order valence-electron chi connectivity index (χ0n) is 52.4. The summed E-state index contributed by atoms with van der Waals surface area (Å²) >= 11 is 3.13. The first-order valence-corrected chi connectivity index (χ1v) is 31.8. The third-order valence-corrected chi connectivity index (χ3v) is 18.1. The van der Waals surface area contributed by atoms with Crippen LogP contribution in [0.15, 0.2) is 133 Å². The Bertz CT molecular complexity index is 3610. The molecule has 2 aromatic heterocycles. The van der Waals surface area contributed by atoms with Gasteiger partial charge in [-0.1, -0.05) is 41.5 Å². The highest BCUT2D eigenvalue weighted by molar-refractivity contribution is 7.23. The van der Waals surface area contributed by atoms with Crippen molar-refractivity contribution in [3.8, 4) is 55.4 Å². The molecule has 11 rings (SSSR count). The van der Waals surface area contributed by atoms with Gasteiger partial charge in [0.2, 0.25) is 11.8 Å². The fourth-order valence-corrected chi connectivity index (χ4v) is 13.3. The molecule has 14 nitrogen and oxygen atoms in total. The van der Waals surface area contributed by atoms with Gasteiger partial charge in [-0.25, -0.2) is 0 Å². The summed E-state index contributed by atoms with van der Waals surface area (Å²) in [5, 5.41) is 20.5. The average Bonchev–Trinajstić information content (AvgIpc) is 3.78. The number of phenols is 1. The molecule has 0 saturated carbocycles. The van der Waals surface area contributed by atoms with Gasteiger partial charge in [0.1, 0.15) is 41.1 Å². The highest BCUT2D eigenvalue weighted by Gasteiger charge is 2.35. The number of fused-ring (bicyclic) bond motifs is 2. The SMILES string of the molecule is C1CCOC1.CC(C)(C)C(=O)N1CCCCC1CO.COc1ccc(-c2sc3cc(OC)ccc3c2C(=O)c2ccc(O)cc2)cc1.COc1ccc(-c2sc3cc(OC)ccc3c2C(=O)c2ccc(OCC3CCCCN3C(=O)C(C)(C)C)cc2)cc1. The second-order valence-electron chi connectivity index (χ2n) is 24.1. The maximum Gasteiger partial charge on any atom is 0.228 e. The van der Waals surface area contributed by atoms with Crippen LogP contribution in [0.2, 0.25) is 0 Å². The molecule has 0 aliphatic carbocycles. The number of aliphatic hydroxyl groups is 1. The number of thiophene rings is 2. The number of methoxy groups -OCH3 is 4. The largest absolute Gasteiger partial charge is 0.508 e. The Morgan fingerprint density at radius 2 is 0.886 bits per heavy atom. The third kappa shape index (κ3) is 16.5. The summed E-state index contributed by atoms with van der Waals surface area (Å²) in [6.07, 6.45) is 8.74. The summed E-state index contributed by atoms with van der Waals surface area (Å²) in [6, 6.07) is 40.8. The van der Waals surface area contributed by atoms with Crippen LogP contribution in [0.5, 0.6) is 34.5 Å². The molecule has 3 aliphatic rings. The number of rotatable bonds is 14. The Kier molecular flexibility index (Phi) is 22.9. The van der Waals surface area contributed by atoms with Crippen LogP contribution in [-0.2, 0) is 14.3 Å². The minimum atomic E-state index is -0.417. The quantitative estimate of drug-likeness (QED) is 0.0989. The molecule has 2 unspecified atom stereocenters. The van der Waals surface area contributed by atoms with E-state index in [4.69, 9.17) is 28.4 Å². The second-order valence-corrected chi connectivity index (χ2v) is 26.2. The first kappa shape index (κ1) is 66.2. The van der Waals surface area contributed by atoms with Crippen LogP contribution in [0.1, 0.15) is 125 Å². The maximum atomic E-state index is 14.0. The number of phenolic OH excluding ortho intramolecular Hbond substituents is 1. The molecular formula is C72H84N2O12S2. The predicted molar refractivity (Wildman–Crippen MR) is 352 cm³/mol. The van der Waals surface area contributed by atoms with Crippen molar-refractivity contribution in [2.24, 2.45) is 10.8 Å². The van der Waals surface area contributed by atoms with Gasteiger partial charge >= 0.3 is 0 Å². The van der Waals surface area contributed by atoms with Crippen LogP contribution >= 0.6 is 22.7 Å². The predicted octanol–water partition coefficient (Wildman–Crippen LogP) is 15.3. The van der Waals surface area contributed by atoms with Gasteiger partial charge in [-0.05, 0) is 196 Å². The molecule has 3 saturated heterocycles. The van der Waals surface area contributed by atoms with E-state index >= 15 is 0 Å². The molecule has 5 heterocycles. The third-order valence-electron chi connectivity index (χ3n) is 15.7. The molecule has 0 radical (unpaired) electrons. The van der Waals surface area contributed by atoms with Gasteiger partial charge in [0.05, 0.1) is 47.1 Å². The Morgan fingerprint density at radius 1 is 0.500 bits per heavy atom. The van der Waals surface area contributed by atoms with Crippen molar-refractivity contribution in [1.82, 2.24) is 9.80 Å². The first-order chi connectivity index (χ1) is 42.3. The maximum absolute atomic E-state index is 14.0. The fraction of sp³-hybridized carbons (Fsp3) is 0.389. The number of hydrogen-bond acceptors (Lipinski definition) is 14. The average molecular weight is 1230 g/mol. The molecule has 466 valence electrons. The number of ether oxygens (including phenoxy) is 6. The van der Waals surface area contributed by atoms with E-state index < -0.39 is 5.41 Å². The number of nitrogens with zero attached hydrogens (tertiary/aromatic N) is 2. The molecule has 88 heavy (non-hydrogen) atoms. The van der Waals surface area contributed by atoms with Crippen LogP contribution < -0.4 is 23.7 Å². The van der Waals surface area contributed by atoms with Gasteiger partial charge < -0.3 is 48.4 Å². The van der Waals surface area contributed by atoms with E-state index in [1.54, 1.807) is 63.2 Å². The fourth-order valence-electron chi connectivity index (χ4n) is 10.8. The molecule has 0 bridgehead atoms. The number of hydrogen-bond donors (Lipinski definition) is 2. The molecule has 16 heteroatoms. The molecule has 0 spiro atoms. The lowest BCUT2D eigenvalue weighted by Crippen LogP contribution is -2.50. The van der Waals surface area contributed by atoms with Crippen LogP contribution in [-0.4, -0.2) is 123 Å². The van der Waals surface area contributed by atoms with Crippen LogP contribution in [0.25, 0.3) is 41.1 Å². The number of aliphatic hydroxyl groups excluding tert-OH is 1. The minimum Gasteiger partial charge on any atom is -0.508 e. The Morgan fingerprint density at radius 3 is 1.27 bits per heavy atom.